The van der Waals surface area contributed by atoms with Crippen molar-refractivity contribution in [3.8, 4) is 0 Å². The van der Waals surface area contributed by atoms with Gasteiger partial charge in [-0.05, 0) is 37.1 Å². The SMILES string of the molecule is Cc1cc(Cl)ccc1N1CCC(N)C1=O. The Labute approximate surface area is 93.8 Å². The molecule has 1 saturated heterocycles. The van der Waals surface area contributed by atoms with Gasteiger partial charge in [0.15, 0.2) is 0 Å². The third kappa shape index (κ3) is 1.85. The van der Waals surface area contributed by atoms with Crippen molar-refractivity contribution in [2.75, 3.05) is 11.4 Å². The van der Waals surface area contributed by atoms with E-state index in [1.165, 1.54) is 0 Å². The summed E-state index contributed by atoms with van der Waals surface area (Å²) < 4.78 is 0. The number of hydrogen-bond donors (Lipinski definition) is 1. The number of hydrogen-bond acceptors (Lipinski definition) is 2. The second-order valence-electron chi connectivity index (χ2n) is 3.82. The van der Waals surface area contributed by atoms with Gasteiger partial charge in [-0.3, -0.25) is 4.79 Å². The van der Waals surface area contributed by atoms with Gasteiger partial charge in [0, 0.05) is 17.3 Å². The van der Waals surface area contributed by atoms with Crippen LogP contribution in [0.2, 0.25) is 5.02 Å². The lowest BCUT2D eigenvalue weighted by atomic mass is 10.2. The van der Waals surface area contributed by atoms with Gasteiger partial charge >= 0.3 is 0 Å². The lowest BCUT2D eigenvalue weighted by molar-refractivity contribution is -0.118. The van der Waals surface area contributed by atoms with E-state index >= 15 is 0 Å². The fourth-order valence-corrected chi connectivity index (χ4v) is 2.09. The van der Waals surface area contributed by atoms with Crippen LogP contribution in [0, 0.1) is 6.92 Å². The molecule has 0 aromatic heterocycles. The highest BCUT2D eigenvalue weighted by Crippen LogP contribution is 2.26. The van der Waals surface area contributed by atoms with Crippen LogP contribution in [0.4, 0.5) is 5.69 Å². The van der Waals surface area contributed by atoms with Gasteiger partial charge in [0.2, 0.25) is 5.91 Å². The number of aryl methyl sites for hydroxylation is 1. The molecular weight excluding hydrogens is 212 g/mol. The fraction of sp³-hybridized carbons (Fsp3) is 0.364. The summed E-state index contributed by atoms with van der Waals surface area (Å²) in [6.07, 6.45) is 0.723. The van der Waals surface area contributed by atoms with Crippen LogP contribution in [0.25, 0.3) is 0 Å². The molecule has 1 aliphatic heterocycles. The third-order valence-corrected chi connectivity index (χ3v) is 2.93. The summed E-state index contributed by atoms with van der Waals surface area (Å²) in [5, 5.41) is 0.687. The summed E-state index contributed by atoms with van der Waals surface area (Å²) >= 11 is 5.86. The molecule has 3 nitrogen and oxygen atoms in total. The molecule has 0 bridgehead atoms. The quantitative estimate of drug-likeness (QED) is 0.790. The standard InChI is InChI=1S/C11H13ClN2O/c1-7-6-8(12)2-3-10(7)14-5-4-9(13)11(14)15/h2-3,6,9H,4-5,13H2,1H3. The van der Waals surface area contributed by atoms with Crippen molar-refractivity contribution >= 4 is 23.2 Å². The Morgan fingerprint density at radius 3 is 2.80 bits per heavy atom. The van der Waals surface area contributed by atoms with Crippen molar-refractivity contribution in [2.45, 2.75) is 19.4 Å². The van der Waals surface area contributed by atoms with E-state index in [-0.39, 0.29) is 11.9 Å². The Hall–Kier alpha value is -1.06. The summed E-state index contributed by atoms with van der Waals surface area (Å²) in [5.74, 6) is 0.000391. The first-order valence-corrected chi connectivity index (χ1v) is 5.30. The van der Waals surface area contributed by atoms with Gasteiger partial charge in [-0.25, -0.2) is 0 Å². The minimum absolute atomic E-state index is 0.000391. The topological polar surface area (TPSA) is 46.3 Å². The number of nitrogens with zero attached hydrogens (tertiary/aromatic N) is 1. The zero-order chi connectivity index (χ0) is 11.0. The molecule has 1 aromatic carbocycles. The van der Waals surface area contributed by atoms with Gasteiger partial charge in [0.1, 0.15) is 0 Å². The first-order valence-electron chi connectivity index (χ1n) is 4.92. The molecule has 0 saturated carbocycles. The average Bonchev–Trinajstić information content (AvgIpc) is 2.49. The molecule has 15 heavy (non-hydrogen) atoms. The monoisotopic (exact) mass is 224 g/mol. The second-order valence-corrected chi connectivity index (χ2v) is 4.25. The summed E-state index contributed by atoms with van der Waals surface area (Å²) in [6, 6.07) is 5.17. The second kappa shape index (κ2) is 3.83. The lowest BCUT2D eigenvalue weighted by Crippen LogP contribution is -2.34. The van der Waals surface area contributed by atoms with Crippen molar-refractivity contribution in [1.29, 1.82) is 0 Å². The molecule has 1 unspecified atom stereocenters. The summed E-state index contributed by atoms with van der Waals surface area (Å²) in [5.41, 5.74) is 7.59. The van der Waals surface area contributed by atoms with Gasteiger partial charge in [-0.1, -0.05) is 11.6 Å². The molecule has 4 heteroatoms. The Morgan fingerprint density at radius 2 is 2.27 bits per heavy atom. The molecule has 0 aliphatic carbocycles. The van der Waals surface area contributed by atoms with Gasteiger partial charge in [-0.15, -0.1) is 0 Å². The number of carbonyl (C=O) groups is 1. The van der Waals surface area contributed by atoms with E-state index in [9.17, 15) is 4.79 Å². The van der Waals surface area contributed by atoms with E-state index in [1.807, 2.05) is 19.1 Å². The van der Waals surface area contributed by atoms with E-state index in [1.54, 1.807) is 11.0 Å². The summed E-state index contributed by atoms with van der Waals surface area (Å²) in [6.45, 7) is 2.64. The van der Waals surface area contributed by atoms with E-state index < -0.39 is 0 Å². The molecule has 2 rings (SSSR count). The van der Waals surface area contributed by atoms with Crippen LogP contribution in [-0.4, -0.2) is 18.5 Å². The Bertz CT molecular complexity index is 406. The summed E-state index contributed by atoms with van der Waals surface area (Å²) in [4.78, 5) is 13.4. The Balaban J connectivity index is 2.34. The largest absolute Gasteiger partial charge is 0.320 e. The van der Waals surface area contributed by atoms with E-state index in [0.717, 1.165) is 17.7 Å². The predicted octanol–water partition coefficient (Wildman–Crippen LogP) is 1.71. The van der Waals surface area contributed by atoms with Crippen LogP contribution in [0.15, 0.2) is 18.2 Å². The molecule has 1 aromatic rings. The van der Waals surface area contributed by atoms with Gasteiger partial charge in [-0.2, -0.15) is 0 Å². The van der Waals surface area contributed by atoms with Crippen molar-refractivity contribution in [1.82, 2.24) is 0 Å². The molecule has 0 radical (unpaired) electrons. The summed E-state index contributed by atoms with van der Waals surface area (Å²) in [7, 11) is 0. The zero-order valence-electron chi connectivity index (χ0n) is 8.53. The normalized spacial score (nSPS) is 21.1. The van der Waals surface area contributed by atoms with Gasteiger partial charge in [0.25, 0.3) is 0 Å². The smallest absolute Gasteiger partial charge is 0.243 e. The highest BCUT2D eigenvalue weighted by atomic mass is 35.5. The van der Waals surface area contributed by atoms with Crippen molar-refractivity contribution in [3.63, 3.8) is 0 Å². The zero-order valence-corrected chi connectivity index (χ0v) is 9.29. The van der Waals surface area contributed by atoms with Crippen molar-refractivity contribution in [2.24, 2.45) is 5.73 Å². The van der Waals surface area contributed by atoms with Crippen LogP contribution in [0.5, 0.6) is 0 Å². The minimum atomic E-state index is -0.347. The molecule has 1 heterocycles. The number of amides is 1. The van der Waals surface area contributed by atoms with E-state index in [2.05, 4.69) is 0 Å². The maximum Gasteiger partial charge on any atom is 0.243 e. The number of anilines is 1. The van der Waals surface area contributed by atoms with Crippen LogP contribution < -0.4 is 10.6 Å². The maximum atomic E-state index is 11.7. The first kappa shape index (κ1) is 10.5. The van der Waals surface area contributed by atoms with E-state index in [0.29, 0.717) is 11.6 Å². The van der Waals surface area contributed by atoms with Crippen LogP contribution in [0.1, 0.15) is 12.0 Å². The number of halogens is 1. The number of nitrogens with two attached hydrogens (primary N) is 1. The minimum Gasteiger partial charge on any atom is -0.320 e. The van der Waals surface area contributed by atoms with E-state index in [4.69, 9.17) is 17.3 Å². The fourth-order valence-electron chi connectivity index (χ4n) is 1.86. The number of benzene rings is 1. The predicted molar refractivity (Wildman–Crippen MR) is 61.1 cm³/mol. The van der Waals surface area contributed by atoms with Crippen molar-refractivity contribution in [3.05, 3.63) is 28.8 Å². The molecule has 1 fully saturated rings. The molecule has 1 amide bonds. The lowest BCUT2D eigenvalue weighted by Gasteiger charge is -2.18. The Morgan fingerprint density at radius 1 is 1.53 bits per heavy atom. The van der Waals surface area contributed by atoms with Crippen LogP contribution in [-0.2, 0) is 4.79 Å². The highest BCUT2D eigenvalue weighted by molar-refractivity contribution is 6.30. The molecule has 1 aliphatic rings. The molecule has 1 atom stereocenters. The Kier molecular flexibility index (Phi) is 2.67. The van der Waals surface area contributed by atoms with Crippen LogP contribution >= 0.6 is 11.6 Å². The molecule has 0 spiro atoms. The number of carbonyl (C=O) groups excluding carboxylic acids is 1. The molecule has 2 N–H and O–H groups in total. The highest BCUT2D eigenvalue weighted by Gasteiger charge is 2.30. The average molecular weight is 225 g/mol. The first-order chi connectivity index (χ1) is 7.09. The van der Waals surface area contributed by atoms with Crippen LogP contribution in [0.3, 0.4) is 0 Å². The number of rotatable bonds is 1. The van der Waals surface area contributed by atoms with Gasteiger partial charge < -0.3 is 10.6 Å². The molecule has 80 valence electrons. The van der Waals surface area contributed by atoms with Gasteiger partial charge in [0.05, 0.1) is 6.04 Å². The molecular formula is C11H13ClN2O. The third-order valence-electron chi connectivity index (χ3n) is 2.70. The van der Waals surface area contributed by atoms with Crippen molar-refractivity contribution < 1.29 is 4.79 Å². The maximum absolute atomic E-state index is 11.7.